The Kier molecular flexibility index (Phi) is 5.74. The van der Waals surface area contributed by atoms with E-state index in [9.17, 15) is 9.59 Å². The van der Waals surface area contributed by atoms with Crippen LogP contribution in [0.4, 0.5) is 0 Å². The van der Waals surface area contributed by atoms with Gasteiger partial charge < -0.3 is 15.0 Å². The summed E-state index contributed by atoms with van der Waals surface area (Å²) in [4.78, 5) is 27.9. The first-order valence-electron chi connectivity index (χ1n) is 7.92. The fourth-order valence-corrected chi connectivity index (χ4v) is 3.11. The molecule has 2 N–H and O–H groups in total. The standard InChI is InChI=1S/C19H18N2O3S/c22-18(20-10-11-25-15-7-2-1-3-8-15)13-24-19(23)17-12-14-6-4-5-9-16(14)21-17/h1-9,12,21H,10-11,13H2,(H,20,22). The van der Waals surface area contributed by atoms with E-state index in [4.69, 9.17) is 4.74 Å². The van der Waals surface area contributed by atoms with Gasteiger partial charge in [-0.2, -0.15) is 0 Å². The molecule has 0 fully saturated rings. The molecule has 6 heteroatoms. The molecule has 0 atom stereocenters. The SMILES string of the molecule is O=C(COC(=O)c1cc2ccccc2[nH]1)NCCSc1ccccc1. The molecule has 0 saturated carbocycles. The fourth-order valence-electron chi connectivity index (χ4n) is 2.32. The Labute approximate surface area is 149 Å². The summed E-state index contributed by atoms with van der Waals surface area (Å²) in [7, 11) is 0. The number of H-pyrrole nitrogens is 1. The van der Waals surface area contributed by atoms with Crippen molar-refractivity contribution in [3.05, 3.63) is 66.4 Å². The van der Waals surface area contributed by atoms with Gasteiger partial charge in [0.15, 0.2) is 6.61 Å². The first kappa shape index (κ1) is 17.1. The van der Waals surface area contributed by atoms with E-state index in [1.807, 2.05) is 54.6 Å². The number of amides is 1. The Morgan fingerprint density at radius 1 is 1.04 bits per heavy atom. The lowest BCUT2D eigenvalue weighted by atomic mass is 10.2. The number of thioether (sulfide) groups is 1. The van der Waals surface area contributed by atoms with Crippen molar-refractivity contribution >= 4 is 34.5 Å². The number of carbonyl (C=O) groups is 2. The van der Waals surface area contributed by atoms with E-state index in [1.165, 1.54) is 0 Å². The van der Waals surface area contributed by atoms with Crippen LogP contribution in [0.3, 0.4) is 0 Å². The summed E-state index contributed by atoms with van der Waals surface area (Å²) in [6.07, 6.45) is 0. The van der Waals surface area contributed by atoms with Crippen LogP contribution in [0.25, 0.3) is 10.9 Å². The summed E-state index contributed by atoms with van der Waals surface area (Å²) in [5, 5.41) is 3.67. The third-order valence-electron chi connectivity index (χ3n) is 3.52. The van der Waals surface area contributed by atoms with E-state index >= 15 is 0 Å². The average molecular weight is 354 g/mol. The molecule has 3 aromatic rings. The molecule has 1 amide bonds. The van der Waals surface area contributed by atoms with E-state index < -0.39 is 5.97 Å². The van der Waals surface area contributed by atoms with Gasteiger partial charge in [0, 0.05) is 28.1 Å². The van der Waals surface area contributed by atoms with Crippen molar-refractivity contribution < 1.29 is 14.3 Å². The number of fused-ring (bicyclic) bond motifs is 1. The summed E-state index contributed by atoms with van der Waals surface area (Å²) >= 11 is 1.66. The van der Waals surface area contributed by atoms with Gasteiger partial charge in [-0.05, 0) is 24.3 Å². The molecule has 128 valence electrons. The number of para-hydroxylation sites is 1. The number of esters is 1. The number of hydrogen-bond acceptors (Lipinski definition) is 4. The zero-order chi connectivity index (χ0) is 17.5. The zero-order valence-corrected chi connectivity index (χ0v) is 14.3. The highest BCUT2D eigenvalue weighted by molar-refractivity contribution is 7.99. The van der Waals surface area contributed by atoms with E-state index in [1.54, 1.807) is 17.8 Å². The number of rotatable bonds is 7. The van der Waals surface area contributed by atoms with Crippen LogP contribution in [0.5, 0.6) is 0 Å². The van der Waals surface area contributed by atoms with Crippen LogP contribution in [0.1, 0.15) is 10.5 Å². The number of aromatic nitrogens is 1. The third kappa shape index (κ3) is 4.87. The summed E-state index contributed by atoms with van der Waals surface area (Å²) < 4.78 is 5.05. The molecule has 0 aliphatic rings. The van der Waals surface area contributed by atoms with E-state index in [0.29, 0.717) is 12.2 Å². The maximum atomic E-state index is 12.0. The predicted octanol–water partition coefficient (Wildman–Crippen LogP) is 3.23. The van der Waals surface area contributed by atoms with Gasteiger partial charge in [0.1, 0.15) is 5.69 Å². The van der Waals surface area contributed by atoms with Crippen molar-refractivity contribution in [2.24, 2.45) is 0 Å². The summed E-state index contributed by atoms with van der Waals surface area (Å²) in [5.74, 6) is -0.0886. The van der Waals surface area contributed by atoms with Crippen molar-refractivity contribution in [3.63, 3.8) is 0 Å². The van der Waals surface area contributed by atoms with Crippen molar-refractivity contribution in [1.29, 1.82) is 0 Å². The molecule has 0 aliphatic heterocycles. The molecule has 1 heterocycles. The number of hydrogen-bond donors (Lipinski definition) is 2. The molecule has 3 rings (SSSR count). The molecular formula is C19H18N2O3S. The smallest absolute Gasteiger partial charge is 0.355 e. The van der Waals surface area contributed by atoms with Crippen LogP contribution in [-0.4, -0.2) is 35.8 Å². The van der Waals surface area contributed by atoms with Crippen LogP contribution in [0, 0.1) is 0 Å². The summed E-state index contributed by atoms with van der Waals surface area (Å²) in [6.45, 7) is 0.229. The molecule has 5 nitrogen and oxygen atoms in total. The highest BCUT2D eigenvalue weighted by atomic mass is 32.2. The largest absolute Gasteiger partial charge is 0.451 e. The Balaban J connectivity index is 1.39. The summed E-state index contributed by atoms with van der Waals surface area (Å²) in [5.41, 5.74) is 1.20. The quantitative estimate of drug-likeness (QED) is 0.388. The fraction of sp³-hybridized carbons (Fsp3) is 0.158. The predicted molar refractivity (Wildman–Crippen MR) is 98.8 cm³/mol. The van der Waals surface area contributed by atoms with Crippen molar-refractivity contribution in [2.45, 2.75) is 4.90 Å². The molecule has 0 unspecified atom stereocenters. The monoisotopic (exact) mass is 354 g/mol. The zero-order valence-electron chi connectivity index (χ0n) is 13.5. The molecular weight excluding hydrogens is 336 g/mol. The number of ether oxygens (including phenoxy) is 1. The average Bonchev–Trinajstić information content (AvgIpc) is 3.08. The van der Waals surface area contributed by atoms with Crippen molar-refractivity contribution in [3.8, 4) is 0 Å². The lowest BCUT2D eigenvalue weighted by Crippen LogP contribution is -2.30. The number of carbonyl (C=O) groups excluding carboxylic acids is 2. The molecule has 0 bridgehead atoms. The van der Waals surface area contributed by atoms with Gasteiger partial charge in [0.05, 0.1) is 0 Å². The van der Waals surface area contributed by atoms with Gasteiger partial charge in [-0.15, -0.1) is 11.8 Å². The molecule has 0 aliphatic carbocycles. The first-order chi connectivity index (χ1) is 12.2. The normalized spacial score (nSPS) is 10.6. The second-order valence-electron chi connectivity index (χ2n) is 5.36. The topological polar surface area (TPSA) is 71.2 Å². The Hall–Kier alpha value is -2.73. The summed E-state index contributed by atoms with van der Waals surface area (Å²) in [6, 6.07) is 19.2. The van der Waals surface area contributed by atoms with Gasteiger partial charge in [-0.3, -0.25) is 4.79 Å². The van der Waals surface area contributed by atoms with Crippen LogP contribution in [0.15, 0.2) is 65.6 Å². The van der Waals surface area contributed by atoms with Crippen LogP contribution in [-0.2, 0) is 9.53 Å². The minimum absolute atomic E-state index is 0.287. The Bertz CT molecular complexity index is 828. The maximum absolute atomic E-state index is 12.0. The number of aromatic amines is 1. The molecule has 25 heavy (non-hydrogen) atoms. The van der Waals surface area contributed by atoms with Gasteiger partial charge in [0.25, 0.3) is 5.91 Å². The van der Waals surface area contributed by atoms with Crippen molar-refractivity contribution in [1.82, 2.24) is 10.3 Å². The van der Waals surface area contributed by atoms with E-state index in [0.717, 1.165) is 21.6 Å². The van der Waals surface area contributed by atoms with Crippen LogP contribution < -0.4 is 5.32 Å². The third-order valence-corrected chi connectivity index (χ3v) is 4.53. The van der Waals surface area contributed by atoms with Crippen LogP contribution >= 0.6 is 11.8 Å². The first-order valence-corrected chi connectivity index (χ1v) is 8.90. The minimum Gasteiger partial charge on any atom is -0.451 e. The van der Waals surface area contributed by atoms with Crippen molar-refractivity contribution in [2.75, 3.05) is 18.9 Å². The van der Waals surface area contributed by atoms with Gasteiger partial charge in [-0.25, -0.2) is 4.79 Å². The second kappa shape index (κ2) is 8.39. The maximum Gasteiger partial charge on any atom is 0.355 e. The molecule has 0 radical (unpaired) electrons. The number of nitrogens with one attached hydrogen (secondary N) is 2. The van der Waals surface area contributed by atoms with Gasteiger partial charge >= 0.3 is 5.97 Å². The highest BCUT2D eigenvalue weighted by Crippen LogP contribution is 2.16. The minimum atomic E-state index is -0.537. The molecule has 1 aromatic heterocycles. The second-order valence-corrected chi connectivity index (χ2v) is 6.53. The molecule has 0 spiro atoms. The van der Waals surface area contributed by atoms with E-state index in [-0.39, 0.29) is 12.5 Å². The Morgan fingerprint density at radius 2 is 1.80 bits per heavy atom. The Morgan fingerprint density at radius 3 is 2.60 bits per heavy atom. The van der Waals surface area contributed by atoms with Gasteiger partial charge in [-0.1, -0.05) is 36.4 Å². The lowest BCUT2D eigenvalue weighted by molar-refractivity contribution is -0.124. The highest BCUT2D eigenvalue weighted by Gasteiger charge is 2.12. The molecule has 0 saturated heterocycles. The van der Waals surface area contributed by atoms with Gasteiger partial charge in [0.2, 0.25) is 0 Å². The number of benzene rings is 2. The van der Waals surface area contributed by atoms with Crippen LogP contribution in [0.2, 0.25) is 0 Å². The molecule has 2 aromatic carbocycles. The lowest BCUT2D eigenvalue weighted by Gasteiger charge is -2.06. The van der Waals surface area contributed by atoms with E-state index in [2.05, 4.69) is 10.3 Å².